The third-order valence-corrected chi connectivity index (χ3v) is 3.17. The molecule has 3 nitrogen and oxygen atoms in total. The van der Waals surface area contributed by atoms with Crippen LogP contribution in [0.2, 0.25) is 0 Å². The maximum Gasteiger partial charge on any atom is 0.147 e. The van der Waals surface area contributed by atoms with Gasteiger partial charge in [0.2, 0.25) is 0 Å². The molecular weight excluding hydrogens is 243 g/mol. The molecule has 0 amide bonds. The summed E-state index contributed by atoms with van der Waals surface area (Å²) in [5, 5.41) is 9.46. The fraction of sp³-hybridized carbons (Fsp3) is 0.133. The van der Waals surface area contributed by atoms with Crippen LogP contribution in [0.25, 0.3) is 16.7 Å². The molecule has 0 bridgehead atoms. The van der Waals surface area contributed by atoms with E-state index in [1.165, 1.54) is 6.07 Å². The number of fused-ring (bicyclic) bond motifs is 1. The molecule has 2 aromatic carbocycles. The van der Waals surface area contributed by atoms with Crippen LogP contribution in [0, 0.1) is 5.82 Å². The van der Waals surface area contributed by atoms with E-state index >= 15 is 0 Å². The largest absolute Gasteiger partial charge is 0.389 e. The van der Waals surface area contributed by atoms with Crippen LogP contribution in [-0.2, 0) is 0 Å². The van der Waals surface area contributed by atoms with Gasteiger partial charge in [0.1, 0.15) is 12.1 Å². The van der Waals surface area contributed by atoms with Crippen molar-refractivity contribution in [3.8, 4) is 5.69 Å². The van der Waals surface area contributed by atoms with Crippen molar-refractivity contribution in [3.05, 3.63) is 60.2 Å². The Hall–Kier alpha value is -2.20. The minimum atomic E-state index is -0.678. The van der Waals surface area contributed by atoms with E-state index in [0.29, 0.717) is 11.3 Å². The third-order valence-electron chi connectivity index (χ3n) is 3.17. The van der Waals surface area contributed by atoms with E-state index < -0.39 is 6.10 Å². The molecule has 1 heterocycles. The van der Waals surface area contributed by atoms with Gasteiger partial charge in [0.25, 0.3) is 0 Å². The first kappa shape index (κ1) is 11.9. The van der Waals surface area contributed by atoms with Crippen molar-refractivity contribution in [1.29, 1.82) is 0 Å². The van der Waals surface area contributed by atoms with Gasteiger partial charge in [0.15, 0.2) is 0 Å². The second-order valence-electron chi connectivity index (χ2n) is 4.49. The summed E-state index contributed by atoms with van der Waals surface area (Å²) in [6.07, 6.45) is 0.925. The van der Waals surface area contributed by atoms with Crippen molar-refractivity contribution in [2.24, 2.45) is 0 Å². The Morgan fingerprint density at radius 1 is 1.21 bits per heavy atom. The predicted octanol–water partition coefficient (Wildman–Crippen LogP) is 3.22. The Morgan fingerprint density at radius 3 is 2.74 bits per heavy atom. The number of aliphatic hydroxyl groups is 1. The quantitative estimate of drug-likeness (QED) is 0.764. The number of rotatable bonds is 2. The maximum atomic E-state index is 14.1. The van der Waals surface area contributed by atoms with Gasteiger partial charge in [-0.25, -0.2) is 9.37 Å². The summed E-state index contributed by atoms with van der Waals surface area (Å²) < 4.78 is 15.8. The van der Waals surface area contributed by atoms with Crippen LogP contribution in [0.5, 0.6) is 0 Å². The molecule has 3 aromatic rings. The summed E-state index contributed by atoms with van der Waals surface area (Å²) >= 11 is 0. The second kappa shape index (κ2) is 4.48. The predicted molar refractivity (Wildman–Crippen MR) is 71.7 cm³/mol. The topological polar surface area (TPSA) is 38.0 Å². The minimum absolute atomic E-state index is 0.374. The number of aliphatic hydroxyl groups excluding tert-OH is 1. The molecule has 1 N–H and O–H groups in total. The molecule has 96 valence electrons. The van der Waals surface area contributed by atoms with Crippen LogP contribution in [0.4, 0.5) is 4.39 Å². The second-order valence-corrected chi connectivity index (χ2v) is 4.49. The Labute approximate surface area is 109 Å². The van der Waals surface area contributed by atoms with E-state index in [1.807, 2.05) is 24.3 Å². The Balaban J connectivity index is 2.17. The number of benzene rings is 2. The number of nitrogens with zero attached hydrogens (tertiary/aromatic N) is 2. The van der Waals surface area contributed by atoms with Gasteiger partial charge in [-0.3, -0.25) is 4.57 Å². The number of hydrogen-bond donors (Lipinski definition) is 1. The van der Waals surface area contributed by atoms with Gasteiger partial charge >= 0.3 is 0 Å². The van der Waals surface area contributed by atoms with Crippen LogP contribution < -0.4 is 0 Å². The van der Waals surface area contributed by atoms with Gasteiger partial charge in [-0.2, -0.15) is 0 Å². The molecule has 0 aliphatic heterocycles. The number of imidazole rings is 1. The molecule has 0 saturated heterocycles. The lowest BCUT2D eigenvalue weighted by Crippen LogP contribution is -1.99. The van der Waals surface area contributed by atoms with E-state index in [0.717, 1.165) is 11.0 Å². The molecule has 19 heavy (non-hydrogen) atoms. The average molecular weight is 256 g/mol. The van der Waals surface area contributed by atoms with Crippen LogP contribution in [0.15, 0.2) is 48.8 Å². The molecule has 0 spiro atoms. The van der Waals surface area contributed by atoms with E-state index in [9.17, 15) is 9.50 Å². The van der Waals surface area contributed by atoms with Gasteiger partial charge in [-0.05, 0) is 36.8 Å². The number of halogens is 1. The highest BCUT2D eigenvalue weighted by Gasteiger charge is 2.10. The zero-order chi connectivity index (χ0) is 13.4. The lowest BCUT2D eigenvalue weighted by molar-refractivity contribution is 0.199. The van der Waals surface area contributed by atoms with Gasteiger partial charge in [0, 0.05) is 0 Å². The molecule has 4 heteroatoms. The van der Waals surface area contributed by atoms with Crippen molar-refractivity contribution in [3.63, 3.8) is 0 Å². The highest BCUT2D eigenvalue weighted by molar-refractivity contribution is 5.77. The fourth-order valence-corrected chi connectivity index (χ4v) is 2.13. The van der Waals surface area contributed by atoms with Crippen molar-refractivity contribution in [2.45, 2.75) is 13.0 Å². The van der Waals surface area contributed by atoms with Crippen molar-refractivity contribution >= 4 is 11.0 Å². The number of aromatic nitrogens is 2. The summed E-state index contributed by atoms with van der Waals surface area (Å²) in [7, 11) is 0. The van der Waals surface area contributed by atoms with E-state index in [-0.39, 0.29) is 5.82 Å². The SMILES string of the molecule is C[C@H](O)c1ccc(-n2cnc3ccccc32)c(F)c1. The first-order valence-corrected chi connectivity index (χ1v) is 6.07. The summed E-state index contributed by atoms with van der Waals surface area (Å²) in [4.78, 5) is 4.24. The zero-order valence-corrected chi connectivity index (χ0v) is 10.4. The molecule has 1 aromatic heterocycles. The van der Waals surface area contributed by atoms with Crippen LogP contribution in [0.3, 0.4) is 0 Å². The van der Waals surface area contributed by atoms with E-state index in [4.69, 9.17) is 0 Å². The highest BCUT2D eigenvalue weighted by atomic mass is 19.1. The molecular formula is C15H13FN2O. The lowest BCUT2D eigenvalue weighted by atomic mass is 10.1. The monoisotopic (exact) mass is 256 g/mol. The fourth-order valence-electron chi connectivity index (χ4n) is 2.13. The van der Waals surface area contributed by atoms with Gasteiger partial charge in [-0.15, -0.1) is 0 Å². The first-order chi connectivity index (χ1) is 9.16. The molecule has 1 atom stereocenters. The standard InChI is InChI=1S/C15H13FN2O/c1-10(19)11-6-7-14(12(16)8-11)18-9-17-13-4-2-3-5-15(13)18/h2-10,19H,1H3/t10-/m0/s1. The average Bonchev–Trinajstić information content (AvgIpc) is 2.82. The summed E-state index contributed by atoms with van der Waals surface area (Å²) in [5.74, 6) is -0.374. The molecule has 0 fully saturated rings. The van der Waals surface area contributed by atoms with Crippen LogP contribution in [0.1, 0.15) is 18.6 Å². The van der Waals surface area contributed by atoms with Crippen molar-refractivity contribution < 1.29 is 9.50 Å². The van der Waals surface area contributed by atoms with Crippen LogP contribution in [-0.4, -0.2) is 14.7 Å². The summed E-state index contributed by atoms with van der Waals surface area (Å²) in [6, 6.07) is 12.3. The molecule has 0 saturated carbocycles. The summed E-state index contributed by atoms with van der Waals surface area (Å²) in [5.41, 5.74) is 2.66. The molecule has 0 aliphatic carbocycles. The number of hydrogen-bond acceptors (Lipinski definition) is 2. The first-order valence-electron chi connectivity index (χ1n) is 6.07. The molecule has 0 aliphatic rings. The smallest absolute Gasteiger partial charge is 0.147 e. The molecule has 0 radical (unpaired) electrons. The Kier molecular flexibility index (Phi) is 2.80. The van der Waals surface area contributed by atoms with Crippen LogP contribution >= 0.6 is 0 Å². The van der Waals surface area contributed by atoms with Gasteiger partial charge < -0.3 is 5.11 Å². The highest BCUT2D eigenvalue weighted by Crippen LogP contribution is 2.23. The molecule has 3 rings (SSSR count). The lowest BCUT2D eigenvalue weighted by Gasteiger charge is -2.09. The van der Waals surface area contributed by atoms with Gasteiger partial charge in [-0.1, -0.05) is 18.2 Å². The third kappa shape index (κ3) is 2.00. The van der Waals surface area contributed by atoms with E-state index in [2.05, 4.69) is 4.98 Å². The molecule has 0 unspecified atom stereocenters. The normalized spacial score (nSPS) is 12.8. The minimum Gasteiger partial charge on any atom is -0.389 e. The Morgan fingerprint density at radius 2 is 2.00 bits per heavy atom. The van der Waals surface area contributed by atoms with Crippen molar-refractivity contribution in [2.75, 3.05) is 0 Å². The van der Waals surface area contributed by atoms with Crippen molar-refractivity contribution in [1.82, 2.24) is 9.55 Å². The van der Waals surface area contributed by atoms with Gasteiger partial charge in [0.05, 0.1) is 22.8 Å². The Bertz CT molecular complexity index is 734. The maximum absolute atomic E-state index is 14.1. The number of para-hydroxylation sites is 2. The zero-order valence-electron chi connectivity index (χ0n) is 10.4. The van der Waals surface area contributed by atoms with E-state index in [1.54, 1.807) is 30.0 Å². The summed E-state index contributed by atoms with van der Waals surface area (Å²) in [6.45, 7) is 1.61.